The van der Waals surface area contributed by atoms with Crippen molar-refractivity contribution in [3.63, 3.8) is 0 Å². The van der Waals surface area contributed by atoms with Gasteiger partial charge in [-0.1, -0.05) is 13.3 Å². The number of quaternary nitrogens is 1. The van der Waals surface area contributed by atoms with Crippen LogP contribution in [0.15, 0.2) is 0 Å². The second-order valence-corrected chi connectivity index (χ2v) is 4.85. The minimum Gasteiger partial charge on any atom is -0.457 e. The Morgan fingerprint density at radius 2 is 1.93 bits per heavy atom. The third-order valence-corrected chi connectivity index (χ3v) is 1.96. The van der Waals surface area contributed by atoms with Gasteiger partial charge in [-0.3, -0.25) is 4.79 Å². The Kier molecular flexibility index (Phi) is 5.77. The van der Waals surface area contributed by atoms with Crippen molar-refractivity contribution in [2.45, 2.75) is 39.2 Å². The predicted octanol–water partition coefficient (Wildman–Crippen LogP) is 1.81. The van der Waals surface area contributed by atoms with E-state index in [1.54, 1.807) is 0 Å². The lowest BCUT2D eigenvalue weighted by molar-refractivity contribution is -0.873. The first kappa shape index (κ1) is 13.4. The molecule has 0 N–H and O–H groups in total. The molecule has 0 aromatic carbocycles. The molecule has 0 bridgehead atoms. The van der Waals surface area contributed by atoms with Crippen molar-refractivity contribution < 1.29 is 14.0 Å². The van der Waals surface area contributed by atoms with E-state index in [1.165, 1.54) is 6.92 Å². The standard InChI is InChI=1S/C11H24NO2/c1-6-7-8-11(14-10(2)13)9-12(3,4)5/h11H,6-9H2,1-5H3/q+1. The molecule has 0 saturated heterocycles. The maximum Gasteiger partial charge on any atom is 0.303 e. The van der Waals surface area contributed by atoms with E-state index in [0.717, 1.165) is 30.3 Å². The monoisotopic (exact) mass is 202 g/mol. The van der Waals surface area contributed by atoms with Crippen LogP contribution in [0.25, 0.3) is 0 Å². The zero-order valence-corrected chi connectivity index (χ0v) is 10.2. The first-order valence-electron chi connectivity index (χ1n) is 5.33. The maximum absolute atomic E-state index is 10.9. The van der Waals surface area contributed by atoms with Crippen molar-refractivity contribution in [1.29, 1.82) is 0 Å². The van der Waals surface area contributed by atoms with Gasteiger partial charge in [0.15, 0.2) is 6.10 Å². The van der Waals surface area contributed by atoms with Crippen LogP contribution < -0.4 is 0 Å². The van der Waals surface area contributed by atoms with Gasteiger partial charge in [0.2, 0.25) is 0 Å². The highest BCUT2D eigenvalue weighted by molar-refractivity contribution is 5.66. The summed E-state index contributed by atoms with van der Waals surface area (Å²) < 4.78 is 6.11. The molecule has 3 heteroatoms. The van der Waals surface area contributed by atoms with E-state index in [-0.39, 0.29) is 12.1 Å². The van der Waals surface area contributed by atoms with Gasteiger partial charge < -0.3 is 9.22 Å². The van der Waals surface area contributed by atoms with Gasteiger partial charge in [0.05, 0.1) is 21.1 Å². The van der Waals surface area contributed by atoms with Crippen molar-refractivity contribution in [3.05, 3.63) is 0 Å². The van der Waals surface area contributed by atoms with Gasteiger partial charge in [-0.25, -0.2) is 0 Å². The number of likely N-dealkylation sites (N-methyl/N-ethyl adjacent to an activating group) is 1. The quantitative estimate of drug-likeness (QED) is 0.485. The second-order valence-electron chi connectivity index (χ2n) is 4.85. The largest absolute Gasteiger partial charge is 0.457 e. The summed E-state index contributed by atoms with van der Waals surface area (Å²) in [7, 11) is 6.34. The first-order chi connectivity index (χ1) is 6.35. The summed E-state index contributed by atoms with van der Waals surface area (Å²) in [6.45, 7) is 4.52. The van der Waals surface area contributed by atoms with Crippen LogP contribution in [0.2, 0.25) is 0 Å². The molecular formula is C11H24NO2+. The van der Waals surface area contributed by atoms with E-state index in [2.05, 4.69) is 28.1 Å². The Labute approximate surface area is 87.6 Å². The van der Waals surface area contributed by atoms with Crippen LogP contribution >= 0.6 is 0 Å². The average molecular weight is 202 g/mol. The molecule has 0 heterocycles. The van der Waals surface area contributed by atoms with Gasteiger partial charge in [0, 0.05) is 6.92 Å². The molecular weight excluding hydrogens is 178 g/mol. The fraction of sp³-hybridized carbons (Fsp3) is 0.909. The highest BCUT2D eigenvalue weighted by Crippen LogP contribution is 2.08. The van der Waals surface area contributed by atoms with Gasteiger partial charge in [-0.05, 0) is 12.8 Å². The second kappa shape index (κ2) is 6.02. The fourth-order valence-electron chi connectivity index (χ4n) is 1.46. The van der Waals surface area contributed by atoms with Crippen molar-refractivity contribution in [2.24, 2.45) is 0 Å². The molecule has 0 rings (SSSR count). The molecule has 14 heavy (non-hydrogen) atoms. The molecule has 1 atom stereocenters. The summed E-state index contributed by atoms with van der Waals surface area (Å²) in [5.74, 6) is -0.167. The molecule has 0 spiro atoms. The van der Waals surface area contributed by atoms with Crippen LogP contribution in [0.3, 0.4) is 0 Å². The van der Waals surface area contributed by atoms with E-state index >= 15 is 0 Å². The molecule has 0 radical (unpaired) electrons. The summed E-state index contributed by atoms with van der Waals surface area (Å²) in [6, 6.07) is 0. The van der Waals surface area contributed by atoms with Crippen molar-refractivity contribution in [2.75, 3.05) is 27.7 Å². The number of carbonyl (C=O) groups is 1. The van der Waals surface area contributed by atoms with E-state index in [4.69, 9.17) is 4.74 Å². The number of unbranched alkanes of at least 4 members (excludes halogenated alkanes) is 1. The van der Waals surface area contributed by atoms with Gasteiger partial charge in [0.25, 0.3) is 0 Å². The Morgan fingerprint density at radius 3 is 2.29 bits per heavy atom. The Bertz CT molecular complexity index is 173. The molecule has 84 valence electrons. The third kappa shape index (κ3) is 8.05. The topological polar surface area (TPSA) is 26.3 Å². The first-order valence-corrected chi connectivity index (χ1v) is 5.33. The van der Waals surface area contributed by atoms with Crippen molar-refractivity contribution in [1.82, 2.24) is 0 Å². The molecule has 0 fully saturated rings. The number of ether oxygens (including phenoxy) is 1. The molecule has 0 aliphatic rings. The van der Waals surface area contributed by atoms with Crippen LogP contribution in [-0.4, -0.2) is 44.2 Å². The van der Waals surface area contributed by atoms with Crippen LogP contribution in [0.4, 0.5) is 0 Å². The van der Waals surface area contributed by atoms with E-state index < -0.39 is 0 Å². The zero-order valence-electron chi connectivity index (χ0n) is 10.2. The fourth-order valence-corrected chi connectivity index (χ4v) is 1.46. The lowest BCUT2D eigenvalue weighted by Gasteiger charge is -2.28. The molecule has 0 aliphatic carbocycles. The molecule has 3 nitrogen and oxygen atoms in total. The molecule has 1 unspecified atom stereocenters. The van der Waals surface area contributed by atoms with Gasteiger partial charge >= 0.3 is 5.97 Å². The predicted molar refractivity (Wildman–Crippen MR) is 58.0 cm³/mol. The van der Waals surface area contributed by atoms with Crippen LogP contribution in [-0.2, 0) is 9.53 Å². The molecule has 0 aromatic rings. The summed E-state index contributed by atoms with van der Waals surface area (Å²) in [5.41, 5.74) is 0. The summed E-state index contributed by atoms with van der Waals surface area (Å²) in [5, 5.41) is 0. The van der Waals surface area contributed by atoms with Crippen LogP contribution in [0, 0.1) is 0 Å². The summed E-state index contributed by atoms with van der Waals surface area (Å²) in [6.07, 6.45) is 3.32. The zero-order chi connectivity index (χ0) is 11.2. The number of hydrogen-bond donors (Lipinski definition) is 0. The third-order valence-electron chi connectivity index (χ3n) is 1.96. The summed E-state index contributed by atoms with van der Waals surface area (Å²) >= 11 is 0. The number of rotatable bonds is 6. The van der Waals surface area contributed by atoms with E-state index in [1.807, 2.05) is 0 Å². The normalized spacial score (nSPS) is 13.8. The minimum absolute atomic E-state index is 0.0763. The van der Waals surface area contributed by atoms with Crippen molar-refractivity contribution in [3.8, 4) is 0 Å². The van der Waals surface area contributed by atoms with Crippen LogP contribution in [0.1, 0.15) is 33.1 Å². The number of nitrogens with zero attached hydrogens (tertiary/aromatic N) is 1. The number of esters is 1. The SMILES string of the molecule is CCCCC(C[N+](C)(C)C)OC(C)=O. The lowest BCUT2D eigenvalue weighted by atomic mass is 10.1. The van der Waals surface area contributed by atoms with Crippen molar-refractivity contribution >= 4 is 5.97 Å². The Morgan fingerprint density at radius 1 is 1.36 bits per heavy atom. The molecule has 0 amide bonds. The van der Waals surface area contributed by atoms with Crippen LogP contribution in [0.5, 0.6) is 0 Å². The number of carbonyl (C=O) groups excluding carboxylic acids is 1. The van der Waals surface area contributed by atoms with Gasteiger partial charge in [-0.2, -0.15) is 0 Å². The molecule has 0 saturated carbocycles. The minimum atomic E-state index is -0.167. The Balaban J connectivity index is 4.03. The molecule has 0 aromatic heterocycles. The van der Waals surface area contributed by atoms with E-state index in [9.17, 15) is 4.79 Å². The summed E-state index contributed by atoms with van der Waals surface area (Å²) in [4.78, 5) is 10.9. The van der Waals surface area contributed by atoms with E-state index in [0.29, 0.717) is 0 Å². The van der Waals surface area contributed by atoms with Gasteiger partial charge in [-0.15, -0.1) is 0 Å². The van der Waals surface area contributed by atoms with Gasteiger partial charge in [0.1, 0.15) is 6.54 Å². The Hall–Kier alpha value is -0.570. The lowest BCUT2D eigenvalue weighted by Crippen LogP contribution is -2.42. The number of hydrogen-bond acceptors (Lipinski definition) is 2. The highest BCUT2D eigenvalue weighted by atomic mass is 16.5. The maximum atomic E-state index is 10.9. The molecule has 0 aliphatic heterocycles. The average Bonchev–Trinajstić information content (AvgIpc) is 1.96. The highest BCUT2D eigenvalue weighted by Gasteiger charge is 2.19. The smallest absolute Gasteiger partial charge is 0.303 e.